The van der Waals surface area contributed by atoms with Crippen LogP contribution in [-0.2, 0) is 4.74 Å². The molecule has 0 radical (unpaired) electrons. The Labute approximate surface area is 112 Å². The Hall–Kier alpha value is -0.0800. The predicted octanol–water partition coefficient (Wildman–Crippen LogP) is 3.91. The van der Waals surface area contributed by atoms with Gasteiger partial charge in [0, 0.05) is 6.61 Å². The summed E-state index contributed by atoms with van der Waals surface area (Å²) >= 11 is 0. The number of hydrogen-bond acceptors (Lipinski definition) is 2. The van der Waals surface area contributed by atoms with Crippen LogP contribution in [0.1, 0.15) is 72.6 Å². The highest BCUT2D eigenvalue weighted by Gasteiger charge is 2.46. The fourth-order valence-corrected chi connectivity index (χ4v) is 4.74. The highest BCUT2D eigenvalue weighted by atomic mass is 16.5. The molecular weight excluding hydrogens is 224 g/mol. The van der Waals surface area contributed by atoms with Crippen LogP contribution in [0.25, 0.3) is 0 Å². The van der Waals surface area contributed by atoms with Gasteiger partial charge in [0.1, 0.15) is 0 Å². The van der Waals surface area contributed by atoms with Crippen LogP contribution in [0.15, 0.2) is 0 Å². The largest absolute Gasteiger partial charge is 0.390 e. The third-order valence-corrected chi connectivity index (χ3v) is 4.53. The molecule has 106 valence electrons. The lowest BCUT2D eigenvalue weighted by Crippen LogP contribution is -2.46. The molecule has 2 aliphatic rings. The summed E-state index contributed by atoms with van der Waals surface area (Å²) < 4.78 is 5.68. The van der Waals surface area contributed by atoms with Crippen LogP contribution in [0.4, 0.5) is 0 Å². The topological polar surface area (TPSA) is 29.5 Å². The molecule has 1 heterocycles. The molecule has 1 saturated carbocycles. The van der Waals surface area contributed by atoms with Crippen molar-refractivity contribution in [1.29, 1.82) is 0 Å². The number of ether oxygens (including phenoxy) is 1. The van der Waals surface area contributed by atoms with Gasteiger partial charge in [-0.2, -0.15) is 0 Å². The van der Waals surface area contributed by atoms with Crippen molar-refractivity contribution in [3.05, 3.63) is 0 Å². The highest BCUT2D eigenvalue weighted by Crippen LogP contribution is 2.51. The Morgan fingerprint density at radius 3 is 2.17 bits per heavy atom. The third-order valence-electron chi connectivity index (χ3n) is 4.53. The van der Waals surface area contributed by atoms with Crippen LogP contribution in [0.3, 0.4) is 0 Å². The molecule has 1 unspecified atom stereocenters. The summed E-state index contributed by atoms with van der Waals surface area (Å²) in [7, 11) is 0. The van der Waals surface area contributed by atoms with Crippen molar-refractivity contribution < 1.29 is 9.84 Å². The quantitative estimate of drug-likeness (QED) is 0.827. The van der Waals surface area contributed by atoms with E-state index in [0.29, 0.717) is 6.10 Å². The summed E-state index contributed by atoms with van der Waals surface area (Å²) in [4.78, 5) is 0. The molecule has 18 heavy (non-hydrogen) atoms. The molecule has 1 saturated heterocycles. The van der Waals surface area contributed by atoms with Crippen LogP contribution in [0.5, 0.6) is 0 Å². The first-order valence-electron chi connectivity index (χ1n) is 7.54. The molecule has 0 bridgehead atoms. The molecule has 1 N–H and O–H groups in total. The maximum Gasteiger partial charge on any atom is 0.0659 e. The molecule has 2 heteroatoms. The van der Waals surface area contributed by atoms with Crippen molar-refractivity contribution >= 4 is 0 Å². The van der Waals surface area contributed by atoms with E-state index in [4.69, 9.17) is 4.74 Å². The van der Waals surface area contributed by atoms with E-state index < -0.39 is 5.60 Å². The summed E-state index contributed by atoms with van der Waals surface area (Å²) in [6.45, 7) is 10.1. The number of rotatable bonds is 3. The van der Waals surface area contributed by atoms with Gasteiger partial charge in [0.25, 0.3) is 0 Å². The first-order chi connectivity index (χ1) is 8.20. The van der Waals surface area contributed by atoms with Gasteiger partial charge >= 0.3 is 0 Å². The first kappa shape index (κ1) is 14.3. The highest BCUT2D eigenvalue weighted by molar-refractivity contribution is 4.98. The Morgan fingerprint density at radius 1 is 1.06 bits per heavy atom. The normalized spacial score (nSPS) is 33.5. The van der Waals surface area contributed by atoms with Crippen LogP contribution in [0, 0.1) is 10.8 Å². The minimum absolute atomic E-state index is 0.257. The lowest BCUT2D eigenvalue weighted by atomic mass is 9.58. The fraction of sp³-hybridized carbons (Fsp3) is 1.00. The fourth-order valence-electron chi connectivity index (χ4n) is 4.74. The Bertz CT molecular complexity index is 271. The summed E-state index contributed by atoms with van der Waals surface area (Å²) in [6, 6.07) is 0. The molecule has 0 aromatic carbocycles. The Kier molecular flexibility index (Phi) is 3.81. The molecule has 2 rings (SSSR count). The van der Waals surface area contributed by atoms with E-state index >= 15 is 0 Å². The zero-order valence-corrected chi connectivity index (χ0v) is 12.6. The second-order valence-electron chi connectivity index (χ2n) is 8.26. The molecular formula is C16H30O2. The monoisotopic (exact) mass is 254 g/mol. The van der Waals surface area contributed by atoms with Crippen LogP contribution < -0.4 is 0 Å². The van der Waals surface area contributed by atoms with E-state index in [1.807, 2.05) is 0 Å². The summed E-state index contributed by atoms with van der Waals surface area (Å²) in [5.41, 5.74) is 0.0390. The Balaban J connectivity index is 1.95. The summed E-state index contributed by atoms with van der Waals surface area (Å²) in [5, 5.41) is 10.9. The molecule has 1 aliphatic carbocycles. The van der Waals surface area contributed by atoms with Crippen molar-refractivity contribution in [2.75, 3.05) is 6.61 Å². The minimum Gasteiger partial charge on any atom is -0.390 e. The molecule has 2 fully saturated rings. The number of aliphatic hydroxyl groups is 1. The van der Waals surface area contributed by atoms with Crippen LogP contribution >= 0.6 is 0 Å². The van der Waals surface area contributed by atoms with E-state index in [0.717, 1.165) is 32.3 Å². The molecule has 0 aromatic rings. The predicted molar refractivity (Wildman–Crippen MR) is 74.6 cm³/mol. The molecule has 1 atom stereocenters. The smallest absolute Gasteiger partial charge is 0.0659 e. The van der Waals surface area contributed by atoms with Gasteiger partial charge in [0.05, 0.1) is 11.7 Å². The van der Waals surface area contributed by atoms with Crippen LogP contribution in [0.2, 0.25) is 0 Å². The van der Waals surface area contributed by atoms with Gasteiger partial charge in [0.2, 0.25) is 0 Å². The second-order valence-corrected chi connectivity index (χ2v) is 8.26. The van der Waals surface area contributed by atoms with Gasteiger partial charge < -0.3 is 9.84 Å². The zero-order valence-electron chi connectivity index (χ0n) is 12.6. The average molecular weight is 254 g/mol. The zero-order chi connectivity index (χ0) is 13.4. The van der Waals surface area contributed by atoms with E-state index in [1.165, 1.54) is 19.3 Å². The molecule has 2 nitrogen and oxygen atoms in total. The summed E-state index contributed by atoms with van der Waals surface area (Å²) in [5.74, 6) is 0. The van der Waals surface area contributed by atoms with Crippen molar-refractivity contribution in [2.45, 2.75) is 84.3 Å². The van der Waals surface area contributed by atoms with Gasteiger partial charge in [-0.1, -0.05) is 27.7 Å². The second kappa shape index (κ2) is 4.79. The van der Waals surface area contributed by atoms with Gasteiger partial charge in [-0.15, -0.1) is 0 Å². The third kappa shape index (κ3) is 3.71. The van der Waals surface area contributed by atoms with Crippen LogP contribution in [-0.4, -0.2) is 23.4 Å². The van der Waals surface area contributed by atoms with E-state index in [2.05, 4.69) is 27.7 Å². The number of hydrogen-bond donors (Lipinski definition) is 1. The molecule has 0 spiro atoms. The maximum absolute atomic E-state index is 10.9. The minimum atomic E-state index is -0.475. The van der Waals surface area contributed by atoms with E-state index in [1.54, 1.807) is 0 Å². The van der Waals surface area contributed by atoms with Crippen molar-refractivity contribution in [3.8, 4) is 0 Å². The lowest BCUT2D eigenvalue weighted by molar-refractivity contribution is -0.0961. The standard InChI is InChI=1S/C16H30O2/c1-14(2)10-15(3,4)12-16(17,11-14)8-7-13-6-5-9-18-13/h13,17H,5-12H2,1-4H3. The SMILES string of the molecule is CC1(C)CC(C)(C)CC(O)(CCC2CCCO2)C1. The van der Waals surface area contributed by atoms with Gasteiger partial charge in [0.15, 0.2) is 0 Å². The van der Waals surface area contributed by atoms with Gasteiger partial charge in [-0.05, 0) is 55.8 Å². The van der Waals surface area contributed by atoms with Crippen molar-refractivity contribution in [3.63, 3.8) is 0 Å². The lowest BCUT2D eigenvalue weighted by Gasteiger charge is -2.50. The van der Waals surface area contributed by atoms with Crippen molar-refractivity contribution in [2.24, 2.45) is 10.8 Å². The Morgan fingerprint density at radius 2 is 1.67 bits per heavy atom. The summed E-state index contributed by atoms with van der Waals surface area (Å²) in [6.07, 6.45) is 7.81. The average Bonchev–Trinajstić information content (AvgIpc) is 2.60. The molecule has 1 aliphatic heterocycles. The van der Waals surface area contributed by atoms with Crippen molar-refractivity contribution in [1.82, 2.24) is 0 Å². The van der Waals surface area contributed by atoms with Gasteiger partial charge in [-0.25, -0.2) is 0 Å². The van der Waals surface area contributed by atoms with E-state index in [9.17, 15) is 5.11 Å². The van der Waals surface area contributed by atoms with Gasteiger partial charge in [-0.3, -0.25) is 0 Å². The molecule has 0 amide bonds. The maximum atomic E-state index is 10.9. The molecule has 0 aromatic heterocycles. The first-order valence-corrected chi connectivity index (χ1v) is 7.54. The van der Waals surface area contributed by atoms with E-state index in [-0.39, 0.29) is 10.8 Å².